The summed E-state index contributed by atoms with van der Waals surface area (Å²) in [5.41, 5.74) is 1.52. The zero-order valence-corrected chi connectivity index (χ0v) is 18.2. The minimum absolute atomic E-state index is 0.00926. The molecule has 0 bridgehead atoms. The Morgan fingerprint density at radius 2 is 1.58 bits per heavy atom. The molecule has 11 heteroatoms. The van der Waals surface area contributed by atoms with E-state index >= 15 is 0 Å². The van der Waals surface area contributed by atoms with Crippen molar-refractivity contribution >= 4 is 20.0 Å². The van der Waals surface area contributed by atoms with Crippen LogP contribution in [0, 0.1) is 0 Å². The monoisotopic (exact) mass is 462 g/mol. The lowest BCUT2D eigenvalue weighted by atomic mass is 10.2. The molecule has 1 N–H and O–H groups in total. The van der Waals surface area contributed by atoms with Crippen LogP contribution < -0.4 is 4.72 Å². The Hall–Kier alpha value is -2.57. The van der Waals surface area contributed by atoms with Gasteiger partial charge < -0.3 is 4.74 Å². The average molecular weight is 463 g/mol. The maximum atomic E-state index is 12.8. The molecule has 4 rings (SSSR count). The van der Waals surface area contributed by atoms with Gasteiger partial charge in [0, 0.05) is 32.0 Å². The fraction of sp³-hybridized carbons (Fsp3) is 0.250. The van der Waals surface area contributed by atoms with E-state index in [9.17, 15) is 16.8 Å². The standard InChI is InChI=1S/C20H22N4O5S2/c25-30(26,22-16-17-4-1-2-5-20(17)24-11-3-10-21-24)18-6-8-19(9-7-18)31(27,28)23-12-14-29-15-13-23/h1-11,22H,12-16H2. The maximum absolute atomic E-state index is 12.8. The van der Waals surface area contributed by atoms with E-state index in [1.54, 1.807) is 23.1 Å². The number of para-hydroxylation sites is 1. The first kappa shape index (κ1) is 21.7. The van der Waals surface area contributed by atoms with Crippen molar-refractivity contribution in [3.05, 3.63) is 72.6 Å². The number of hydrogen-bond acceptors (Lipinski definition) is 6. The van der Waals surface area contributed by atoms with Gasteiger partial charge in [0.2, 0.25) is 20.0 Å². The Kier molecular flexibility index (Phi) is 6.21. The summed E-state index contributed by atoms with van der Waals surface area (Å²) in [5.74, 6) is 0. The highest BCUT2D eigenvalue weighted by Gasteiger charge is 2.26. The number of benzene rings is 2. The highest BCUT2D eigenvalue weighted by molar-refractivity contribution is 7.89. The number of sulfonamides is 2. The molecule has 2 aromatic carbocycles. The Balaban J connectivity index is 1.50. The number of hydrogen-bond donors (Lipinski definition) is 1. The zero-order chi connectivity index (χ0) is 21.9. The fourth-order valence-electron chi connectivity index (χ4n) is 3.28. The molecule has 0 spiro atoms. The van der Waals surface area contributed by atoms with Crippen molar-refractivity contribution < 1.29 is 21.6 Å². The lowest BCUT2D eigenvalue weighted by Gasteiger charge is -2.26. The lowest BCUT2D eigenvalue weighted by molar-refractivity contribution is 0.0730. The van der Waals surface area contributed by atoms with Crippen molar-refractivity contribution in [3.8, 4) is 5.69 Å². The summed E-state index contributed by atoms with van der Waals surface area (Å²) < 4.78 is 61.7. The Morgan fingerprint density at radius 1 is 0.903 bits per heavy atom. The van der Waals surface area contributed by atoms with Crippen LogP contribution in [0.2, 0.25) is 0 Å². The number of nitrogens with zero attached hydrogens (tertiary/aromatic N) is 3. The minimum atomic E-state index is -3.84. The van der Waals surface area contributed by atoms with Gasteiger partial charge in [-0.2, -0.15) is 9.40 Å². The molecule has 0 unspecified atom stereocenters. The van der Waals surface area contributed by atoms with Crippen molar-refractivity contribution in [2.45, 2.75) is 16.3 Å². The molecule has 0 atom stereocenters. The third kappa shape index (κ3) is 4.70. The normalized spacial score (nSPS) is 15.7. The van der Waals surface area contributed by atoms with Crippen LogP contribution in [-0.4, -0.2) is 57.2 Å². The second-order valence-corrected chi connectivity index (χ2v) is 10.6. The SMILES string of the molecule is O=S(=O)(NCc1ccccc1-n1cccn1)c1ccc(S(=O)(=O)N2CCOCC2)cc1. The van der Waals surface area contributed by atoms with Crippen LogP contribution >= 0.6 is 0 Å². The third-order valence-electron chi connectivity index (χ3n) is 4.94. The number of nitrogens with one attached hydrogen (secondary N) is 1. The molecule has 1 aromatic heterocycles. The first-order valence-electron chi connectivity index (χ1n) is 9.63. The fourth-order valence-corrected chi connectivity index (χ4v) is 5.69. The van der Waals surface area contributed by atoms with E-state index in [1.165, 1.54) is 28.6 Å². The molecule has 0 amide bonds. The molecule has 31 heavy (non-hydrogen) atoms. The summed E-state index contributed by atoms with van der Waals surface area (Å²) >= 11 is 0. The van der Waals surface area contributed by atoms with Crippen LogP contribution in [0.5, 0.6) is 0 Å². The zero-order valence-electron chi connectivity index (χ0n) is 16.6. The number of morpholine rings is 1. The topological polar surface area (TPSA) is 111 Å². The van der Waals surface area contributed by atoms with Gasteiger partial charge >= 0.3 is 0 Å². The summed E-state index contributed by atoms with van der Waals surface area (Å²) in [7, 11) is -7.52. The van der Waals surface area contributed by atoms with Gasteiger partial charge in [0.25, 0.3) is 0 Å². The van der Waals surface area contributed by atoms with Crippen LogP contribution in [-0.2, 0) is 31.3 Å². The van der Waals surface area contributed by atoms with Gasteiger partial charge in [-0.05, 0) is 42.0 Å². The minimum Gasteiger partial charge on any atom is -0.379 e. The van der Waals surface area contributed by atoms with Crippen LogP contribution in [0.25, 0.3) is 5.69 Å². The van der Waals surface area contributed by atoms with Crippen LogP contribution in [0.1, 0.15) is 5.56 Å². The molecule has 1 saturated heterocycles. The van der Waals surface area contributed by atoms with E-state index in [-0.39, 0.29) is 29.4 Å². The van der Waals surface area contributed by atoms with Crippen molar-refractivity contribution in [1.82, 2.24) is 18.8 Å². The molecule has 2 heterocycles. The quantitative estimate of drug-likeness (QED) is 0.568. The highest BCUT2D eigenvalue weighted by Crippen LogP contribution is 2.20. The van der Waals surface area contributed by atoms with Gasteiger partial charge in [0.15, 0.2) is 0 Å². The molecule has 1 fully saturated rings. The van der Waals surface area contributed by atoms with Crippen molar-refractivity contribution in [2.75, 3.05) is 26.3 Å². The van der Waals surface area contributed by atoms with Crippen molar-refractivity contribution in [3.63, 3.8) is 0 Å². The van der Waals surface area contributed by atoms with Gasteiger partial charge in [-0.25, -0.2) is 26.2 Å². The Labute approximate surface area is 181 Å². The molecule has 9 nitrogen and oxygen atoms in total. The molecular formula is C20H22N4O5S2. The summed E-state index contributed by atoms with van der Waals surface area (Å²) in [6.07, 6.45) is 3.43. The highest BCUT2D eigenvalue weighted by atomic mass is 32.2. The smallest absolute Gasteiger partial charge is 0.243 e. The molecule has 1 aliphatic heterocycles. The Morgan fingerprint density at radius 3 is 2.26 bits per heavy atom. The summed E-state index contributed by atoms with van der Waals surface area (Å²) in [6.45, 7) is 1.30. The van der Waals surface area contributed by atoms with Gasteiger partial charge in [-0.1, -0.05) is 18.2 Å². The maximum Gasteiger partial charge on any atom is 0.243 e. The summed E-state index contributed by atoms with van der Waals surface area (Å²) in [6, 6.07) is 14.4. The molecule has 3 aromatic rings. The second-order valence-electron chi connectivity index (χ2n) is 6.89. The van der Waals surface area contributed by atoms with Gasteiger partial charge in [0.1, 0.15) is 0 Å². The largest absolute Gasteiger partial charge is 0.379 e. The van der Waals surface area contributed by atoms with Crippen LogP contribution in [0.4, 0.5) is 0 Å². The van der Waals surface area contributed by atoms with E-state index in [1.807, 2.05) is 24.3 Å². The first-order chi connectivity index (χ1) is 14.9. The Bertz CT molecular complexity index is 1230. The van der Waals surface area contributed by atoms with E-state index in [0.29, 0.717) is 13.2 Å². The van der Waals surface area contributed by atoms with E-state index in [0.717, 1.165) is 11.3 Å². The van der Waals surface area contributed by atoms with E-state index in [4.69, 9.17) is 4.74 Å². The third-order valence-corrected chi connectivity index (χ3v) is 8.27. The molecular weight excluding hydrogens is 440 g/mol. The first-order valence-corrected chi connectivity index (χ1v) is 12.6. The molecule has 0 aliphatic carbocycles. The molecule has 164 valence electrons. The van der Waals surface area contributed by atoms with Crippen LogP contribution in [0.3, 0.4) is 0 Å². The molecule has 0 radical (unpaired) electrons. The second kappa shape index (κ2) is 8.89. The van der Waals surface area contributed by atoms with Gasteiger partial charge in [0.05, 0.1) is 28.7 Å². The van der Waals surface area contributed by atoms with Gasteiger partial charge in [-0.15, -0.1) is 0 Å². The van der Waals surface area contributed by atoms with Crippen LogP contribution in [0.15, 0.2) is 76.8 Å². The molecule has 0 saturated carbocycles. The summed E-state index contributed by atoms with van der Waals surface area (Å²) in [5, 5.41) is 4.19. The number of rotatable bonds is 7. The number of ether oxygens (including phenoxy) is 1. The van der Waals surface area contributed by atoms with Crippen molar-refractivity contribution in [1.29, 1.82) is 0 Å². The van der Waals surface area contributed by atoms with Crippen molar-refractivity contribution in [2.24, 2.45) is 0 Å². The van der Waals surface area contributed by atoms with E-state index in [2.05, 4.69) is 9.82 Å². The van der Waals surface area contributed by atoms with Gasteiger partial charge in [-0.3, -0.25) is 0 Å². The molecule has 1 aliphatic rings. The average Bonchev–Trinajstić information content (AvgIpc) is 3.33. The number of aromatic nitrogens is 2. The van der Waals surface area contributed by atoms with E-state index < -0.39 is 20.0 Å². The predicted molar refractivity (Wildman–Crippen MR) is 114 cm³/mol. The lowest BCUT2D eigenvalue weighted by Crippen LogP contribution is -2.40. The summed E-state index contributed by atoms with van der Waals surface area (Å²) in [4.78, 5) is 0.0439. The predicted octanol–water partition coefficient (Wildman–Crippen LogP) is 1.37.